The molecule has 1 N–H and O–H groups in total. The lowest BCUT2D eigenvalue weighted by molar-refractivity contribution is 0.284. The fourth-order valence-electron chi connectivity index (χ4n) is 4.59. The first-order valence-electron chi connectivity index (χ1n) is 8.56. The van der Waals surface area contributed by atoms with Gasteiger partial charge < -0.3 is 5.32 Å². The van der Waals surface area contributed by atoms with E-state index in [2.05, 4.69) is 43.6 Å². The number of rotatable bonds is 6. The molecule has 0 radical (unpaired) electrons. The molecule has 0 aromatic heterocycles. The summed E-state index contributed by atoms with van der Waals surface area (Å²) in [5.74, 6) is 3.08. The zero-order valence-corrected chi connectivity index (χ0v) is 13.1. The summed E-state index contributed by atoms with van der Waals surface area (Å²) in [5.41, 5.74) is 2.96. The number of fused-ring (bicyclic) bond motifs is 2. The topological polar surface area (TPSA) is 12.0 Å². The minimum Gasteiger partial charge on any atom is -0.313 e. The van der Waals surface area contributed by atoms with Crippen molar-refractivity contribution >= 4 is 0 Å². The van der Waals surface area contributed by atoms with Gasteiger partial charge in [0, 0.05) is 6.04 Å². The van der Waals surface area contributed by atoms with Crippen molar-refractivity contribution in [3.63, 3.8) is 0 Å². The van der Waals surface area contributed by atoms with Gasteiger partial charge in [-0.15, -0.1) is 0 Å². The molecule has 1 heteroatoms. The number of nitrogens with one attached hydrogen (secondary N) is 1. The van der Waals surface area contributed by atoms with Gasteiger partial charge in [-0.3, -0.25) is 0 Å². The van der Waals surface area contributed by atoms with Crippen LogP contribution >= 0.6 is 0 Å². The molecule has 3 rings (SSSR count). The van der Waals surface area contributed by atoms with Crippen LogP contribution in [-0.2, 0) is 6.42 Å². The predicted octanol–water partition coefficient (Wildman–Crippen LogP) is 4.73. The molecule has 4 unspecified atom stereocenters. The van der Waals surface area contributed by atoms with Crippen molar-refractivity contribution in [3.05, 3.63) is 35.4 Å². The van der Waals surface area contributed by atoms with Crippen molar-refractivity contribution in [1.82, 2.24) is 5.32 Å². The molecule has 2 bridgehead atoms. The Kier molecular flexibility index (Phi) is 4.45. The highest BCUT2D eigenvalue weighted by Crippen LogP contribution is 2.50. The van der Waals surface area contributed by atoms with Crippen LogP contribution in [-0.4, -0.2) is 7.05 Å². The molecular weight excluding hydrogens is 242 g/mol. The van der Waals surface area contributed by atoms with Gasteiger partial charge in [-0.1, -0.05) is 44.0 Å². The lowest BCUT2D eigenvalue weighted by Gasteiger charge is -2.27. The second-order valence-electron chi connectivity index (χ2n) is 7.00. The van der Waals surface area contributed by atoms with Crippen LogP contribution in [0.2, 0.25) is 0 Å². The lowest BCUT2D eigenvalue weighted by Crippen LogP contribution is -2.22. The van der Waals surface area contributed by atoms with Crippen LogP contribution < -0.4 is 5.32 Å². The summed E-state index contributed by atoms with van der Waals surface area (Å²) in [4.78, 5) is 0. The van der Waals surface area contributed by atoms with E-state index in [0.717, 1.165) is 17.8 Å². The van der Waals surface area contributed by atoms with Gasteiger partial charge in [0.2, 0.25) is 0 Å². The van der Waals surface area contributed by atoms with E-state index in [1.807, 2.05) is 0 Å². The van der Waals surface area contributed by atoms with Crippen molar-refractivity contribution < 1.29 is 0 Å². The molecule has 0 heterocycles. The van der Waals surface area contributed by atoms with Crippen molar-refractivity contribution in [1.29, 1.82) is 0 Å². The maximum Gasteiger partial charge on any atom is 0.0320 e. The van der Waals surface area contributed by atoms with E-state index in [1.54, 1.807) is 0 Å². The normalized spacial score (nSPS) is 29.8. The van der Waals surface area contributed by atoms with Crippen LogP contribution in [0.4, 0.5) is 0 Å². The first-order valence-corrected chi connectivity index (χ1v) is 8.56. The quantitative estimate of drug-likeness (QED) is 0.789. The molecule has 2 saturated carbocycles. The number of benzene rings is 1. The Bertz CT molecular complexity index is 422. The van der Waals surface area contributed by atoms with E-state index in [1.165, 1.54) is 56.1 Å². The van der Waals surface area contributed by atoms with Crippen LogP contribution in [0.25, 0.3) is 0 Å². The second kappa shape index (κ2) is 6.30. The van der Waals surface area contributed by atoms with E-state index in [9.17, 15) is 0 Å². The van der Waals surface area contributed by atoms with E-state index < -0.39 is 0 Å². The molecule has 110 valence electrons. The van der Waals surface area contributed by atoms with Gasteiger partial charge in [-0.25, -0.2) is 0 Å². The molecule has 20 heavy (non-hydrogen) atoms. The average molecular weight is 271 g/mol. The predicted molar refractivity (Wildman–Crippen MR) is 85.8 cm³/mol. The van der Waals surface area contributed by atoms with Gasteiger partial charge in [0.05, 0.1) is 0 Å². The summed E-state index contributed by atoms with van der Waals surface area (Å²) in [5, 5.41) is 3.56. The zero-order valence-electron chi connectivity index (χ0n) is 13.1. The second-order valence-corrected chi connectivity index (χ2v) is 7.00. The van der Waals surface area contributed by atoms with Crippen LogP contribution in [0.1, 0.15) is 62.6 Å². The molecular formula is C19H29N. The minimum absolute atomic E-state index is 0.551. The molecule has 0 amide bonds. The summed E-state index contributed by atoms with van der Waals surface area (Å²) in [7, 11) is 2.12. The first-order chi connectivity index (χ1) is 9.80. The fraction of sp³-hybridized carbons (Fsp3) is 0.684. The maximum atomic E-state index is 3.56. The Labute approximate surface area is 124 Å². The van der Waals surface area contributed by atoms with Crippen molar-refractivity contribution in [2.45, 2.75) is 57.9 Å². The van der Waals surface area contributed by atoms with Crippen molar-refractivity contribution in [2.24, 2.45) is 17.8 Å². The van der Waals surface area contributed by atoms with Gasteiger partial charge in [0.1, 0.15) is 0 Å². The van der Waals surface area contributed by atoms with Crippen LogP contribution in [0, 0.1) is 17.8 Å². The Morgan fingerprint density at radius 3 is 2.50 bits per heavy atom. The Morgan fingerprint density at radius 2 is 1.95 bits per heavy atom. The van der Waals surface area contributed by atoms with E-state index in [4.69, 9.17) is 0 Å². The maximum absolute atomic E-state index is 3.56. The average Bonchev–Trinajstić information content (AvgIpc) is 3.08. The van der Waals surface area contributed by atoms with Crippen molar-refractivity contribution in [2.75, 3.05) is 7.05 Å². The molecule has 1 nitrogen and oxygen atoms in total. The highest BCUT2D eigenvalue weighted by Gasteiger charge is 2.40. The summed E-state index contributed by atoms with van der Waals surface area (Å²) in [6.07, 6.45) is 9.81. The van der Waals surface area contributed by atoms with Gasteiger partial charge >= 0.3 is 0 Å². The molecule has 1 aromatic rings. The largest absolute Gasteiger partial charge is 0.313 e. The number of hydrogen-bond donors (Lipinski definition) is 1. The Balaban J connectivity index is 1.63. The molecule has 4 atom stereocenters. The monoisotopic (exact) mass is 271 g/mol. The summed E-state index contributed by atoms with van der Waals surface area (Å²) in [6, 6.07) is 9.89. The molecule has 2 aliphatic carbocycles. The zero-order chi connectivity index (χ0) is 13.9. The third-order valence-electron chi connectivity index (χ3n) is 5.69. The van der Waals surface area contributed by atoms with E-state index in [0.29, 0.717) is 6.04 Å². The molecule has 0 saturated heterocycles. The standard InChI is InChI=1S/C19H29N/c1-3-4-14-5-8-16(9-6-14)19(20-2)13-18-12-15-7-10-17(18)11-15/h5-6,8-9,15,17-20H,3-4,7,10-13H2,1-2H3. The minimum atomic E-state index is 0.551. The SMILES string of the molecule is CCCc1ccc(C(CC2CC3CCC2C3)NC)cc1. The highest BCUT2D eigenvalue weighted by molar-refractivity contribution is 5.25. The van der Waals surface area contributed by atoms with Gasteiger partial charge in [-0.2, -0.15) is 0 Å². The third-order valence-corrected chi connectivity index (χ3v) is 5.69. The first kappa shape index (κ1) is 14.1. The third kappa shape index (κ3) is 2.93. The van der Waals surface area contributed by atoms with E-state index in [-0.39, 0.29) is 0 Å². The number of aryl methyl sites for hydroxylation is 1. The van der Waals surface area contributed by atoms with Gasteiger partial charge in [0.15, 0.2) is 0 Å². The Morgan fingerprint density at radius 1 is 1.15 bits per heavy atom. The van der Waals surface area contributed by atoms with E-state index >= 15 is 0 Å². The lowest BCUT2D eigenvalue weighted by atomic mass is 9.82. The molecule has 0 spiro atoms. The smallest absolute Gasteiger partial charge is 0.0320 e. The van der Waals surface area contributed by atoms with Crippen LogP contribution in [0.3, 0.4) is 0 Å². The van der Waals surface area contributed by atoms with Gasteiger partial charge in [0.25, 0.3) is 0 Å². The van der Waals surface area contributed by atoms with Crippen LogP contribution in [0.5, 0.6) is 0 Å². The van der Waals surface area contributed by atoms with Crippen LogP contribution in [0.15, 0.2) is 24.3 Å². The Hall–Kier alpha value is -0.820. The van der Waals surface area contributed by atoms with Gasteiger partial charge in [-0.05, 0) is 68.0 Å². The fourth-order valence-corrected chi connectivity index (χ4v) is 4.59. The summed E-state index contributed by atoms with van der Waals surface area (Å²) >= 11 is 0. The van der Waals surface area contributed by atoms with Crippen molar-refractivity contribution in [3.8, 4) is 0 Å². The summed E-state index contributed by atoms with van der Waals surface area (Å²) in [6.45, 7) is 2.25. The molecule has 2 aliphatic rings. The summed E-state index contributed by atoms with van der Waals surface area (Å²) < 4.78 is 0. The highest BCUT2D eigenvalue weighted by atomic mass is 14.9. The molecule has 1 aromatic carbocycles. The molecule has 2 fully saturated rings. The number of hydrogen-bond acceptors (Lipinski definition) is 1. The molecule has 0 aliphatic heterocycles.